The molecule has 0 saturated carbocycles. The molecule has 3 heterocycles. The van der Waals surface area contributed by atoms with Crippen LogP contribution in [0.2, 0.25) is 0 Å². The lowest BCUT2D eigenvalue weighted by atomic mass is 10.1. The first-order chi connectivity index (χ1) is 10.6. The molecule has 2 aliphatic heterocycles. The number of hydrogen-bond acceptors (Lipinski definition) is 6. The molecule has 1 atom stereocenters. The lowest BCUT2D eigenvalue weighted by molar-refractivity contribution is -0.132. The maximum atomic E-state index is 12.7. The monoisotopic (exact) mass is 305 g/mol. The SMILES string of the molecule is CCN1N=C(C(=O)N2CCC[C@@H]2c2noc(C)n2)CCC1=O. The molecule has 8 nitrogen and oxygen atoms in total. The van der Waals surface area contributed by atoms with E-state index >= 15 is 0 Å². The van der Waals surface area contributed by atoms with Crippen LogP contribution in [0.15, 0.2) is 9.62 Å². The molecule has 2 amide bonds. The van der Waals surface area contributed by atoms with Crippen LogP contribution in [0.4, 0.5) is 0 Å². The lowest BCUT2D eigenvalue weighted by Gasteiger charge is -2.26. The summed E-state index contributed by atoms with van der Waals surface area (Å²) in [6.45, 7) is 4.70. The van der Waals surface area contributed by atoms with Gasteiger partial charge in [-0.05, 0) is 19.8 Å². The van der Waals surface area contributed by atoms with E-state index in [1.54, 1.807) is 11.8 Å². The summed E-state index contributed by atoms with van der Waals surface area (Å²) in [7, 11) is 0. The van der Waals surface area contributed by atoms with Crippen LogP contribution in [0, 0.1) is 6.92 Å². The van der Waals surface area contributed by atoms with E-state index in [0.29, 0.717) is 43.4 Å². The van der Waals surface area contributed by atoms with Gasteiger partial charge in [0.25, 0.3) is 5.91 Å². The first kappa shape index (κ1) is 14.7. The zero-order valence-electron chi connectivity index (χ0n) is 12.8. The molecule has 1 aromatic heterocycles. The van der Waals surface area contributed by atoms with Gasteiger partial charge >= 0.3 is 0 Å². The Morgan fingerprint density at radius 3 is 2.91 bits per heavy atom. The first-order valence-corrected chi connectivity index (χ1v) is 7.59. The third-order valence-corrected chi connectivity index (χ3v) is 4.01. The molecular weight excluding hydrogens is 286 g/mol. The second kappa shape index (κ2) is 5.86. The van der Waals surface area contributed by atoms with Crippen LogP contribution in [0.1, 0.15) is 50.4 Å². The molecular formula is C14H19N5O3. The molecule has 0 aliphatic carbocycles. The number of rotatable bonds is 3. The number of amides is 2. The van der Waals surface area contributed by atoms with Crippen LogP contribution < -0.4 is 0 Å². The minimum Gasteiger partial charge on any atom is -0.340 e. The fraction of sp³-hybridized carbons (Fsp3) is 0.643. The zero-order valence-corrected chi connectivity index (χ0v) is 12.8. The number of likely N-dealkylation sites (tertiary alicyclic amines) is 1. The summed E-state index contributed by atoms with van der Waals surface area (Å²) in [5.41, 5.74) is 0.438. The van der Waals surface area contributed by atoms with E-state index in [0.717, 1.165) is 12.8 Å². The second-order valence-electron chi connectivity index (χ2n) is 5.48. The van der Waals surface area contributed by atoms with Crippen molar-refractivity contribution >= 4 is 17.5 Å². The van der Waals surface area contributed by atoms with Crippen molar-refractivity contribution < 1.29 is 14.1 Å². The fourth-order valence-electron chi connectivity index (χ4n) is 2.90. The van der Waals surface area contributed by atoms with E-state index in [4.69, 9.17) is 4.52 Å². The van der Waals surface area contributed by atoms with Gasteiger partial charge < -0.3 is 9.42 Å². The van der Waals surface area contributed by atoms with Crippen LogP contribution in [0.25, 0.3) is 0 Å². The Hall–Kier alpha value is -2.25. The molecule has 3 rings (SSSR count). The van der Waals surface area contributed by atoms with Crippen molar-refractivity contribution in [3.8, 4) is 0 Å². The Morgan fingerprint density at radius 1 is 1.41 bits per heavy atom. The van der Waals surface area contributed by atoms with Gasteiger partial charge in [0.2, 0.25) is 11.8 Å². The van der Waals surface area contributed by atoms with E-state index in [1.165, 1.54) is 5.01 Å². The number of carbonyl (C=O) groups is 2. The maximum absolute atomic E-state index is 12.7. The van der Waals surface area contributed by atoms with E-state index < -0.39 is 0 Å². The third kappa shape index (κ3) is 2.60. The molecule has 0 radical (unpaired) electrons. The summed E-state index contributed by atoms with van der Waals surface area (Å²) in [6.07, 6.45) is 2.43. The summed E-state index contributed by atoms with van der Waals surface area (Å²) < 4.78 is 5.02. The largest absolute Gasteiger partial charge is 0.340 e. The highest BCUT2D eigenvalue weighted by molar-refractivity contribution is 6.39. The number of carbonyl (C=O) groups excluding carboxylic acids is 2. The van der Waals surface area contributed by atoms with Gasteiger partial charge in [0, 0.05) is 32.9 Å². The fourth-order valence-corrected chi connectivity index (χ4v) is 2.90. The highest BCUT2D eigenvalue weighted by atomic mass is 16.5. The van der Waals surface area contributed by atoms with Crippen molar-refractivity contribution in [1.29, 1.82) is 0 Å². The van der Waals surface area contributed by atoms with Gasteiger partial charge in [0.05, 0.1) is 6.04 Å². The predicted molar refractivity (Wildman–Crippen MR) is 76.8 cm³/mol. The van der Waals surface area contributed by atoms with Gasteiger partial charge in [-0.1, -0.05) is 5.16 Å². The summed E-state index contributed by atoms with van der Waals surface area (Å²) in [4.78, 5) is 30.4. The van der Waals surface area contributed by atoms with Gasteiger partial charge in [-0.15, -0.1) is 0 Å². The third-order valence-electron chi connectivity index (χ3n) is 4.01. The maximum Gasteiger partial charge on any atom is 0.270 e. The topological polar surface area (TPSA) is 91.9 Å². The molecule has 2 aliphatic rings. The van der Waals surface area contributed by atoms with Crippen LogP contribution in [0.3, 0.4) is 0 Å². The van der Waals surface area contributed by atoms with Crippen molar-refractivity contribution in [2.75, 3.05) is 13.1 Å². The van der Waals surface area contributed by atoms with E-state index in [-0.39, 0.29) is 17.9 Å². The number of aromatic nitrogens is 2. The van der Waals surface area contributed by atoms with E-state index in [9.17, 15) is 9.59 Å². The molecule has 0 bridgehead atoms. The Bertz CT molecular complexity index is 624. The van der Waals surface area contributed by atoms with Crippen LogP contribution in [-0.2, 0) is 9.59 Å². The Morgan fingerprint density at radius 2 is 2.23 bits per heavy atom. The molecule has 0 spiro atoms. The van der Waals surface area contributed by atoms with Gasteiger partial charge in [-0.2, -0.15) is 10.1 Å². The number of nitrogens with zero attached hydrogens (tertiary/aromatic N) is 5. The summed E-state index contributed by atoms with van der Waals surface area (Å²) in [5.74, 6) is 0.872. The molecule has 118 valence electrons. The van der Waals surface area contributed by atoms with E-state index in [2.05, 4.69) is 15.2 Å². The first-order valence-electron chi connectivity index (χ1n) is 7.59. The zero-order chi connectivity index (χ0) is 15.7. The number of hydrazone groups is 1. The second-order valence-corrected chi connectivity index (χ2v) is 5.48. The molecule has 1 fully saturated rings. The highest BCUT2D eigenvalue weighted by Crippen LogP contribution is 2.31. The molecule has 1 saturated heterocycles. The molecule has 0 N–H and O–H groups in total. The smallest absolute Gasteiger partial charge is 0.270 e. The average molecular weight is 305 g/mol. The normalized spacial score (nSPS) is 22.2. The van der Waals surface area contributed by atoms with Crippen molar-refractivity contribution in [1.82, 2.24) is 20.0 Å². The minimum absolute atomic E-state index is 0.0363. The van der Waals surface area contributed by atoms with Crippen LogP contribution in [0.5, 0.6) is 0 Å². The molecule has 22 heavy (non-hydrogen) atoms. The summed E-state index contributed by atoms with van der Waals surface area (Å²) in [5, 5.41) is 9.50. The van der Waals surface area contributed by atoms with Gasteiger partial charge in [0.15, 0.2) is 5.82 Å². The van der Waals surface area contributed by atoms with Crippen molar-refractivity contribution in [3.05, 3.63) is 11.7 Å². The average Bonchev–Trinajstić information content (AvgIpc) is 3.15. The quantitative estimate of drug-likeness (QED) is 0.832. The molecule has 8 heteroatoms. The summed E-state index contributed by atoms with van der Waals surface area (Å²) >= 11 is 0. The lowest BCUT2D eigenvalue weighted by Crippen LogP contribution is -2.41. The molecule has 1 aromatic rings. The van der Waals surface area contributed by atoms with Crippen molar-refractivity contribution in [2.45, 2.75) is 45.6 Å². The van der Waals surface area contributed by atoms with Crippen molar-refractivity contribution in [3.63, 3.8) is 0 Å². The summed E-state index contributed by atoms with van der Waals surface area (Å²) in [6, 6.07) is -0.166. The van der Waals surface area contributed by atoms with E-state index in [1.807, 2.05) is 6.92 Å². The highest BCUT2D eigenvalue weighted by Gasteiger charge is 2.36. The van der Waals surface area contributed by atoms with Crippen LogP contribution in [-0.4, -0.2) is 50.7 Å². The Labute approximate surface area is 128 Å². The van der Waals surface area contributed by atoms with Gasteiger partial charge in [-0.3, -0.25) is 9.59 Å². The van der Waals surface area contributed by atoms with Crippen molar-refractivity contribution in [2.24, 2.45) is 5.10 Å². The minimum atomic E-state index is -0.166. The molecule has 0 aromatic carbocycles. The number of hydrogen-bond donors (Lipinski definition) is 0. The van der Waals surface area contributed by atoms with Gasteiger partial charge in [-0.25, -0.2) is 5.01 Å². The van der Waals surface area contributed by atoms with Gasteiger partial charge in [0.1, 0.15) is 5.71 Å². The standard InChI is InChI=1S/C14H19N5O3/c1-3-19-12(20)7-6-10(16-19)14(21)18-8-4-5-11(18)13-15-9(2)22-17-13/h11H,3-8H2,1-2H3/t11-/m1/s1. The number of aryl methyl sites for hydroxylation is 1. The Balaban J connectivity index is 1.80. The van der Waals surface area contributed by atoms with Crippen LogP contribution >= 0.6 is 0 Å². The predicted octanol–water partition coefficient (Wildman–Crippen LogP) is 1.04. The Kier molecular flexibility index (Phi) is 3.91. The molecule has 0 unspecified atom stereocenters.